The fourth-order valence-corrected chi connectivity index (χ4v) is 1.96. The lowest BCUT2D eigenvalue weighted by Crippen LogP contribution is -2.37. The first kappa shape index (κ1) is 12.9. The summed E-state index contributed by atoms with van der Waals surface area (Å²) in [6.07, 6.45) is -0.744. The van der Waals surface area contributed by atoms with E-state index >= 15 is 0 Å². The van der Waals surface area contributed by atoms with Crippen LogP contribution in [0, 0.1) is 0 Å². The van der Waals surface area contributed by atoms with Crippen LogP contribution in [-0.4, -0.2) is 31.4 Å². The van der Waals surface area contributed by atoms with Gasteiger partial charge >= 0.3 is 0 Å². The van der Waals surface area contributed by atoms with Gasteiger partial charge in [0, 0.05) is 6.54 Å². The van der Waals surface area contributed by atoms with Crippen molar-refractivity contribution in [3.8, 4) is 0 Å². The number of hydrogen-bond acceptors (Lipinski definition) is 5. The number of nitrogens with two attached hydrogens (primary N) is 1. The van der Waals surface area contributed by atoms with Crippen molar-refractivity contribution in [3.05, 3.63) is 35.4 Å². The SMILES string of the molecule is NCc1ccccc1C1COC(C(=O)C=O)CO1. The van der Waals surface area contributed by atoms with E-state index in [4.69, 9.17) is 15.2 Å². The van der Waals surface area contributed by atoms with Crippen molar-refractivity contribution in [2.24, 2.45) is 5.73 Å². The molecule has 2 unspecified atom stereocenters. The van der Waals surface area contributed by atoms with E-state index in [2.05, 4.69) is 0 Å². The van der Waals surface area contributed by atoms with E-state index < -0.39 is 11.9 Å². The minimum Gasteiger partial charge on any atom is -0.368 e. The zero-order chi connectivity index (χ0) is 13.0. The summed E-state index contributed by atoms with van der Waals surface area (Å²) in [5.74, 6) is -0.583. The summed E-state index contributed by atoms with van der Waals surface area (Å²) in [6.45, 7) is 0.773. The van der Waals surface area contributed by atoms with Gasteiger partial charge in [0.25, 0.3) is 0 Å². The molecule has 1 aliphatic heterocycles. The highest BCUT2D eigenvalue weighted by atomic mass is 16.6. The Morgan fingerprint density at radius 2 is 2.11 bits per heavy atom. The molecule has 0 radical (unpaired) electrons. The number of rotatable bonds is 4. The molecule has 1 fully saturated rings. The first-order valence-electron chi connectivity index (χ1n) is 5.76. The molecular weight excluding hydrogens is 234 g/mol. The number of ketones is 1. The van der Waals surface area contributed by atoms with Crippen molar-refractivity contribution in [3.63, 3.8) is 0 Å². The zero-order valence-electron chi connectivity index (χ0n) is 9.87. The maximum atomic E-state index is 11.1. The summed E-state index contributed by atoms with van der Waals surface area (Å²) < 4.78 is 10.9. The highest BCUT2D eigenvalue weighted by Crippen LogP contribution is 2.25. The third-order valence-electron chi connectivity index (χ3n) is 2.95. The molecule has 2 rings (SSSR count). The van der Waals surface area contributed by atoms with E-state index in [0.29, 0.717) is 6.54 Å². The molecular formula is C13H15NO4. The molecule has 1 aliphatic rings. The summed E-state index contributed by atoms with van der Waals surface area (Å²) in [5, 5.41) is 0. The number of benzene rings is 1. The first-order valence-corrected chi connectivity index (χ1v) is 5.76. The average Bonchev–Trinajstić information content (AvgIpc) is 2.46. The van der Waals surface area contributed by atoms with Gasteiger partial charge in [-0.2, -0.15) is 0 Å². The molecule has 2 atom stereocenters. The second kappa shape index (κ2) is 5.86. The Bertz CT molecular complexity index is 438. The van der Waals surface area contributed by atoms with E-state index in [-0.39, 0.29) is 25.6 Å². The standard InChI is InChI=1S/C13H15NO4/c14-5-9-3-1-2-4-10(9)12-7-18-13(8-17-12)11(16)6-15/h1-4,6,12-13H,5,7-8,14H2. The van der Waals surface area contributed by atoms with Gasteiger partial charge in [-0.15, -0.1) is 0 Å². The third kappa shape index (κ3) is 2.64. The summed E-state index contributed by atoms with van der Waals surface area (Å²) >= 11 is 0. The molecule has 0 bridgehead atoms. The molecule has 1 saturated heterocycles. The van der Waals surface area contributed by atoms with E-state index in [1.807, 2.05) is 24.3 Å². The third-order valence-corrected chi connectivity index (χ3v) is 2.95. The van der Waals surface area contributed by atoms with Crippen LogP contribution in [-0.2, 0) is 25.6 Å². The first-order chi connectivity index (χ1) is 8.76. The van der Waals surface area contributed by atoms with Gasteiger partial charge in [0.05, 0.1) is 13.2 Å². The van der Waals surface area contributed by atoms with E-state index in [9.17, 15) is 9.59 Å². The van der Waals surface area contributed by atoms with Crippen molar-refractivity contribution < 1.29 is 19.1 Å². The van der Waals surface area contributed by atoms with Crippen LogP contribution in [0.25, 0.3) is 0 Å². The molecule has 1 aromatic carbocycles. The van der Waals surface area contributed by atoms with Crippen molar-refractivity contribution in [1.29, 1.82) is 0 Å². The molecule has 0 saturated carbocycles. The van der Waals surface area contributed by atoms with Crippen molar-refractivity contribution in [2.75, 3.05) is 13.2 Å². The van der Waals surface area contributed by atoms with Crippen molar-refractivity contribution in [1.82, 2.24) is 0 Å². The van der Waals surface area contributed by atoms with Gasteiger partial charge < -0.3 is 15.2 Å². The number of carbonyl (C=O) groups excluding carboxylic acids is 2. The van der Waals surface area contributed by atoms with Crippen LogP contribution in [0.5, 0.6) is 0 Å². The lowest BCUT2D eigenvalue weighted by molar-refractivity contribution is -0.161. The topological polar surface area (TPSA) is 78.6 Å². The Morgan fingerprint density at radius 1 is 1.33 bits per heavy atom. The number of aldehydes is 1. The van der Waals surface area contributed by atoms with Crippen LogP contribution < -0.4 is 5.73 Å². The summed E-state index contributed by atoms with van der Waals surface area (Å²) in [7, 11) is 0. The zero-order valence-corrected chi connectivity index (χ0v) is 9.87. The molecule has 1 aromatic rings. The van der Waals surface area contributed by atoms with Gasteiger partial charge in [0.1, 0.15) is 12.2 Å². The van der Waals surface area contributed by atoms with Crippen LogP contribution in [0.1, 0.15) is 17.2 Å². The number of carbonyl (C=O) groups is 2. The number of hydrogen-bond donors (Lipinski definition) is 1. The van der Waals surface area contributed by atoms with Crippen molar-refractivity contribution >= 4 is 12.1 Å². The Hall–Kier alpha value is -1.56. The number of Topliss-reactive ketones (excluding diaryl/α,β-unsaturated/α-hetero) is 1. The van der Waals surface area contributed by atoms with Crippen LogP contribution in [0.2, 0.25) is 0 Å². The second-order valence-corrected chi connectivity index (χ2v) is 4.07. The highest BCUT2D eigenvalue weighted by Gasteiger charge is 2.28. The van der Waals surface area contributed by atoms with Crippen LogP contribution in [0.3, 0.4) is 0 Å². The fourth-order valence-electron chi connectivity index (χ4n) is 1.96. The van der Waals surface area contributed by atoms with Crippen LogP contribution in [0.15, 0.2) is 24.3 Å². The quantitative estimate of drug-likeness (QED) is 0.616. The van der Waals surface area contributed by atoms with Gasteiger partial charge in [0.15, 0.2) is 6.29 Å². The lowest BCUT2D eigenvalue weighted by Gasteiger charge is -2.29. The summed E-state index contributed by atoms with van der Waals surface area (Å²) in [5.41, 5.74) is 7.62. The maximum absolute atomic E-state index is 11.1. The highest BCUT2D eigenvalue weighted by molar-refractivity contribution is 6.27. The minimum absolute atomic E-state index is 0.0984. The summed E-state index contributed by atoms with van der Waals surface area (Å²) in [6, 6.07) is 7.67. The molecule has 18 heavy (non-hydrogen) atoms. The molecule has 0 spiro atoms. The van der Waals surface area contributed by atoms with Crippen LogP contribution in [0.4, 0.5) is 0 Å². The number of ether oxygens (including phenoxy) is 2. The molecule has 5 nitrogen and oxygen atoms in total. The van der Waals surface area contributed by atoms with Gasteiger partial charge in [-0.05, 0) is 11.1 Å². The molecule has 96 valence electrons. The smallest absolute Gasteiger partial charge is 0.226 e. The Labute approximate surface area is 105 Å². The Kier molecular flexibility index (Phi) is 4.19. The second-order valence-electron chi connectivity index (χ2n) is 4.07. The predicted molar refractivity (Wildman–Crippen MR) is 63.8 cm³/mol. The Morgan fingerprint density at radius 3 is 2.72 bits per heavy atom. The largest absolute Gasteiger partial charge is 0.368 e. The normalized spacial score (nSPS) is 23.6. The predicted octanol–water partition coefficient (Wildman–Crippen LogP) is 0.370. The molecule has 5 heteroatoms. The lowest BCUT2D eigenvalue weighted by atomic mass is 10.0. The van der Waals surface area contributed by atoms with Crippen molar-refractivity contribution in [2.45, 2.75) is 18.8 Å². The van der Waals surface area contributed by atoms with E-state index in [0.717, 1.165) is 11.1 Å². The fraction of sp³-hybridized carbons (Fsp3) is 0.385. The van der Waals surface area contributed by atoms with E-state index in [1.165, 1.54) is 0 Å². The Balaban J connectivity index is 2.05. The maximum Gasteiger partial charge on any atom is 0.226 e. The van der Waals surface area contributed by atoms with Gasteiger partial charge in [-0.25, -0.2) is 0 Å². The van der Waals surface area contributed by atoms with Gasteiger partial charge in [0.2, 0.25) is 5.78 Å². The van der Waals surface area contributed by atoms with E-state index in [1.54, 1.807) is 0 Å². The minimum atomic E-state index is -0.774. The molecule has 0 aliphatic carbocycles. The van der Waals surface area contributed by atoms with Gasteiger partial charge in [-0.1, -0.05) is 24.3 Å². The average molecular weight is 249 g/mol. The van der Waals surface area contributed by atoms with Gasteiger partial charge in [-0.3, -0.25) is 9.59 Å². The summed E-state index contributed by atoms with van der Waals surface area (Å²) in [4.78, 5) is 21.5. The van der Waals surface area contributed by atoms with Crippen LogP contribution >= 0.6 is 0 Å². The molecule has 1 heterocycles. The monoisotopic (exact) mass is 249 g/mol. The molecule has 0 amide bonds. The molecule has 0 aromatic heterocycles. The molecule has 2 N–H and O–H groups in total.